The Kier molecular flexibility index (Phi) is 10.7. The number of imidazole rings is 1. The van der Waals surface area contributed by atoms with Crippen molar-refractivity contribution in [2.24, 2.45) is 12.9 Å². The molecule has 0 aliphatic rings. The van der Waals surface area contributed by atoms with Crippen LogP contribution in [0.25, 0.3) is 11.2 Å². The van der Waals surface area contributed by atoms with Crippen LogP contribution in [0, 0.1) is 0 Å². The molecule has 2 aromatic rings. The Balaban J connectivity index is 1.64. The van der Waals surface area contributed by atoms with Crippen molar-refractivity contribution in [3.63, 3.8) is 0 Å². The summed E-state index contributed by atoms with van der Waals surface area (Å²) in [5.74, 6) is 5.98. The van der Waals surface area contributed by atoms with Gasteiger partial charge in [0.2, 0.25) is 5.95 Å². The number of aryl methyl sites for hydroxylation is 2. The second-order valence-corrected chi connectivity index (χ2v) is 8.32. The van der Waals surface area contributed by atoms with Crippen LogP contribution in [0.2, 0.25) is 0 Å². The summed E-state index contributed by atoms with van der Waals surface area (Å²) in [5.41, 5.74) is 2.38. The highest BCUT2D eigenvalue weighted by molar-refractivity contribution is 5.73. The van der Waals surface area contributed by atoms with E-state index in [2.05, 4.69) is 22.3 Å². The van der Waals surface area contributed by atoms with Crippen LogP contribution in [0.4, 0.5) is 5.95 Å². The maximum atomic E-state index is 12.3. The first-order valence-corrected chi connectivity index (χ1v) is 11.8. The van der Waals surface area contributed by atoms with Gasteiger partial charge in [0.25, 0.3) is 5.56 Å². The molecule has 0 spiro atoms. The largest absolute Gasteiger partial charge is 0.329 e. The SMILES string of the molecule is CCCCCCCCCCCCCCCCn1c(NN)nc2c1c(=O)[nH]c(=O)n2C. The van der Waals surface area contributed by atoms with Gasteiger partial charge in [0, 0.05) is 13.6 Å². The molecular weight excluding hydrogens is 380 g/mol. The lowest BCUT2D eigenvalue weighted by atomic mass is 10.0. The molecule has 0 unspecified atom stereocenters. The molecule has 0 saturated heterocycles. The van der Waals surface area contributed by atoms with Gasteiger partial charge in [-0.05, 0) is 6.42 Å². The number of fused-ring (bicyclic) bond motifs is 1. The number of nitrogens with one attached hydrogen (secondary N) is 2. The van der Waals surface area contributed by atoms with Crippen molar-refractivity contribution in [3.8, 4) is 0 Å². The maximum Gasteiger partial charge on any atom is 0.329 e. The van der Waals surface area contributed by atoms with Crippen molar-refractivity contribution < 1.29 is 0 Å². The fourth-order valence-corrected chi connectivity index (χ4v) is 4.03. The van der Waals surface area contributed by atoms with E-state index < -0.39 is 11.2 Å². The van der Waals surface area contributed by atoms with Gasteiger partial charge in [0.1, 0.15) is 0 Å². The summed E-state index contributed by atoms with van der Waals surface area (Å²) in [6.07, 6.45) is 18.2. The third-order valence-electron chi connectivity index (χ3n) is 5.87. The van der Waals surface area contributed by atoms with E-state index in [4.69, 9.17) is 5.84 Å². The van der Waals surface area contributed by atoms with Crippen LogP contribution in [-0.4, -0.2) is 19.1 Å². The molecule has 0 aromatic carbocycles. The van der Waals surface area contributed by atoms with E-state index in [9.17, 15) is 9.59 Å². The van der Waals surface area contributed by atoms with E-state index in [-0.39, 0.29) is 0 Å². The summed E-state index contributed by atoms with van der Waals surface area (Å²) in [6, 6.07) is 0. The highest BCUT2D eigenvalue weighted by Gasteiger charge is 2.16. The Labute approximate surface area is 179 Å². The Morgan fingerprint density at radius 1 is 0.867 bits per heavy atom. The smallest absolute Gasteiger partial charge is 0.303 e. The third-order valence-corrected chi connectivity index (χ3v) is 5.87. The highest BCUT2D eigenvalue weighted by atomic mass is 16.2. The number of rotatable bonds is 16. The van der Waals surface area contributed by atoms with Gasteiger partial charge in [-0.15, -0.1) is 0 Å². The van der Waals surface area contributed by atoms with Crippen LogP contribution >= 0.6 is 0 Å². The number of anilines is 1. The minimum atomic E-state index is -0.475. The molecule has 170 valence electrons. The third kappa shape index (κ3) is 7.00. The molecule has 0 aliphatic carbocycles. The van der Waals surface area contributed by atoms with Gasteiger partial charge in [-0.3, -0.25) is 19.8 Å². The number of hydrogen-bond acceptors (Lipinski definition) is 5. The zero-order valence-corrected chi connectivity index (χ0v) is 18.8. The number of aromatic nitrogens is 4. The van der Waals surface area contributed by atoms with Crippen LogP contribution < -0.4 is 22.5 Å². The van der Waals surface area contributed by atoms with E-state index in [0.29, 0.717) is 23.7 Å². The number of hydrogen-bond donors (Lipinski definition) is 3. The summed E-state index contributed by atoms with van der Waals surface area (Å²) < 4.78 is 3.10. The van der Waals surface area contributed by atoms with Gasteiger partial charge in [-0.2, -0.15) is 4.98 Å². The lowest BCUT2D eigenvalue weighted by Gasteiger charge is -2.08. The predicted molar refractivity (Wildman–Crippen MR) is 124 cm³/mol. The molecule has 0 radical (unpaired) electrons. The summed E-state index contributed by atoms with van der Waals surface area (Å²) in [6.45, 7) is 2.91. The zero-order chi connectivity index (χ0) is 21.8. The topological polar surface area (TPSA) is 111 Å². The first kappa shape index (κ1) is 24.2. The molecule has 4 N–H and O–H groups in total. The van der Waals surface area contributed by atoms with Crippen LogP contribution in [0.15, 0.2) is 9.59 Å². The van der Waals surface area contributed by atoms with Crippen molar-refractivity contribution in [2.45, 2.75) is 103 Å². The van der Waals surface area contributed by atoms with Crippen molar-refractivity contribution >= 4 is 17.1 Å². The Bertz CT molecular complexity index is 867. The van der Waals surface area contributed by atoms with Gasteiger partial charge in [-0.25, -0.2) is 10.6 Å². The average molecular weight is 421 g/mol. The predicted octanol–water partition coefficient (Wildman–Crippen LogP) is 4.19. The van der Waals surface area contributed by atoms with Gasteiger partial charge in [0.05, 0.1) is 0 Å². The number of unbranched alkanes of at least 4 members (excludes halogenated alkanes) is 13. The minimum absolute atomic E-state index is 0.349. The molecule has 8 nitrogen and oxygen atoms in total. The van der Waals surface area contributed by atoms with E-state index in [0.717, 1.165) is 12.8 Å². The number of H-pyrrole nitrogens is 1. The van der Waals surface area contributed by atoms with E-state index in [1.54, 1.807) is 11.6 Å². The molecule has 2 aromatic heterocycles. The van der Waals surface area contributed by atoms with Gasteiger partial charge >= 0.3 is 5.69 Å². The van der Waals surface area contributed by atoms with Crippen LogP contribution in [0.1, 0.15) is 96.8 Å². The molecular formula is C22H40N6O2. The monoisotopic (exact) mass is 420 g/mol. The Morgan fingerprint density at radius 3 is 1.87 bits per heavy atom. The molecule has 2 rings (SSSR count). The molecule has 0 amide bonds. The molecule has 0 aliphatic heterocycles. The zero-order valence-electron chi connectivity index (χ0n) is 18.8. The van der Waals surface area contributed by atoms with Crippen molar-refractivity contribution in [1.82, 2.24) is 19.1 Å². The van der Waals surface area contributed by atoms with Crippen LogP contribution in [0.5, 0.6) is 0 Å². The summed E-state index contributed by atoms with van der Waals surface area (Å²) in [4.78, 5) is 30.7. The second-order valence-electron chi connectivity index (χ2n) is 8.32. The lowest BCUT2D eigenvalue weighted by Crippen LogP contribution is -2.29. The molecule has 0 fully saturated rings. The van der Waals surface area contributed by atoms with E-state index >= 15 is 0 Å². The van der Waals surface area contributed by atoms with E-state index in [1.165, 1.54) is 81.6 Å². The average Bonchev–Trinajstić information content (AvgIpc) is 3.11. The molecule has 30 heavy (non-hydrogen) atoms. The molecule has 8 heteroatoms. The number of hydrazine groups is 1. The first-order chi connectivity index (χ1) is 14.6. The first-order valence-electron chi connectivity index (χ1n) is 11.8. The fourth-order valence-electron chi connectivity index (χ4n) is 4.03. The van der Waals surface area contributed by atoms with Crippen molar-refractivity contribution in [2.75, 3.05) is 5.43 Å². The summed E-state index contributed by atoms with van der Waals surface area (Å²) >= 11 is 0. The highest BCUT2D eigenvalue weighted by Crippen LogP contribution is 2.17. The lowest BCUT2D eigenvalue weighted by molar-refractivity contribution is 0.526. The molecule has 0 bridgehead atoms. The number of nitrogens with two attached hydrogens (primary N) is 1. The summed E-state index contributed by atoms with van der Waals surface area (Å²) in [5, 5.41) is 0. The number of nitrogens with zero attached hydrogens (tertiary/aromatic N) is 3. The summed E-state index contributed by atoms with van der Waals surface area (Å²) in [7, 11) is 1.59. The van der Waals surface area contributed by atoms with Gasteiger partial charge in [0.15, 0.2) is 11.2 Å². The molecule has 2 heterocycles. The van der Waals surface area contributed by atoms with Crippen molar-refractivity contribution in [1.29, 1.82) is 0 Å². The number of aromatic amines is 1. The standard InChI is InChI=1S/C22H40N6O2/c1-3-4-5-6-7-8-9-10-11-12-13-14-15-16-17-28-18-19(24-21(28)26-23)27(2)22(30)25-20(18)29/h3-17,23H2,1-2H3,(H,24,26)(H,25,29,30). The maximum absolute atomic E-state index is 12.3. The quantitative estimate of drug-likeness (QED) is 0.214. The van der Waals surface area contributed by atoms with Crippen molar-refractivity contribution in [3.05, 3.63) is 20.8 Å². The molecule has 0 saturated carbocycles. The normalized spacial score (nSPS) is 11.4. The van der Waals surface area contributed by atoms with Gasteiger partial charge in [-0.1, -0.05) is 90.4 Å². The fraction of sp³-hybridized carbons (Fsp3) is 0.773. The number of nitrogen functional groups attached to an aromatic ring is 1. The minimum Gasteiger partial charge on any atom is -0.303 e. The Morgan fingerprint density at radius 2 is 1.37 bits per heavy atom. The van der Waals surface area contributed by atoms with Gasteiger partial charge < -0.3 is 4.57 Å². The second kappa shape index (κ2) is 13.3. The van der Waals surface area contributed by atoms with Crippen LogP contribution in [0.3, 0.4) is 0 Å². The molecule has 0 atom stereocenters. The Hall–Kier alpha value is -2.09. The van der Waals surface area contributed by atoms with E-state index in [1.807, 2.05) is 0 Å². The van der Waals surface area contributed by atoms with Crippen LogP contribution in [-0.2, 0) is 13.6 Å².